The number of carboxylic acids is 1. The number of carboxylic acid groups (broad SMARTS) is 1. The van der Waals surface area contributed by atoms with Crippen LogP contribution in [0, 0.1) is 5.92 Å². The molecule has 2 saturated heterocycles. The second-order valence-corrected chi connectivity index (χ2v) is 9.47. The van der Waals surface area contributed by atoms with E-state index in [-0.39, 0.29) is 25.2 Å². The second-order valence-electron chi connectivity index (χ2n) is 6.35. The lowest BCUT2D eigenvalue weighted by molar-refractivity contribution is -0.141. The Labute approximate surface area is 150 Å². The van der Waals surface area contributed by atoms with E-state index < -0.39 is 21.9 Å². The molecule has 2 N–H and O–H groups in total. The molecule has 1 aromatic rings. The lowest BCUT2D eigenvalue weighted by Crippen LogP contribution is -2.52. The molecule has 2 atom stereocenters. The van der Waals surface area contributed by atoms with Crippen LogP contribution in [-0.4, -0.2) is 67.0 Å². The summed E-state index contributed by atoms with van der Waals surface area (Å²) in [5, 5.41) is 13.6. The molecule has 0 spiro atoms. The molecule has 0 bridgehead atoms. The Morgan fingerprint density at radius 2 is 2.04 bits per heavy atom. The van der Waals surface area contributed by atoms with Crippen LogP contribution < -0.4 is 5.32 Å². The van der Waals surface area contributed by atoms with Crippen LogP contribution in [0.4, 0.5) is 4.79 Å². The Morgan fingerprint density at radius 3 is 2.68 bits per heavy atom. The number of sulfonamides is 1. The number of carbonyl (C=O) groups excluding carboxylic acids is 1. The van der Waals surface area contributed by atoms with Gasteiger partial charge in [0.15, 0.2) is 0 Å². The Bertz CT molecular complexity index is 734. The summed E-state index contributed by atoms with van der Waals surface area (Å²) in [5.41, 5.74) is 0. The summed E-state index contributed by atoms with van der Waals surface area (Å²) in [6.07, 6.45) is 1.83. The number of aliphatic carboxylic acids is 1. The number of carbonyl (C=O) groups is 2. The highest BCUT2D eigenvalue weighted by molar-refractivity contribution is 7.91. The lowest BCUT2D eigenvalue weighted by Gasteiger charge is -2.33. The summed E-state index contributed by atoms with van der Waals surface area (Å²) in [6, 6.07) is 2.70. The van der Waals surface area contributed by atoms with Crippen molar-refractivity contribution in [2.45, 2.75) is 29.5 Å². The molecule has 2 amide bonds. The van der Waals surface area contributed by atoms with Gasteiger partial charge in [0.05, 0.1) is 5.92 Å². The van der Waals surface area contributed by atoms with Crippen LogP contribution in [0.3, 0.4) is 0 Å². The fraction of sp³-hybridized carbons (Fsp3) is 0.600. The average molecular weight is 387 g/mol. The SMILES string of the molecule is O=C(O)C1CCN(C(=O)N[C@@H]2CCCN(S(=O)(=O)c3cccs3)C2)C1. The van der Waals surface area contributed by atoms with Gasteiger partial charge in [-0.05, 0) is 30.7 Å². The van der Waals surface area contributed by atoms with E-state index in [2.05, 4.69) is 5.32 Å². The molecule has 2 aliphatic heterocycles. The highest BCUT2D eigenvalue weighted by Crippen LogP contribution is 2.24. The van der Waals surface area contributed by atoms with Gasteiger partial charge in [0.2, 0.25) is 0 Å². The van der Waals surface area contributed by atoms with Crippen LogP contribution in [0.1, 0.15) is 19.3 Å². The maximum absolute atomic E-state index is 12.6. The van der Waals surface area contributed by atoms with E-state index in [4.69, 9.17) is 5.11 Å². The van der Waals surface area contributed by atoms with Gasteiger partial charge in [-0.25, -0.2) is 13.2 Å². The molecule has 25 heavy (non-hydrogen) atoms. The first kappa shape index (κ1) is 18.2. The fourth-order valence-electron chi connectivity index (χ4n) is 3.23. The van der Waals surface area contributed by atoms with Crippen molar-refractivity contribution in [3.05, 3.63) is 17.5 Å². The average Bonchev–Trinajstić information content (AvgIpc) is 3.27. The van der Waals surface area contributed by atoms with Gasteiger partial charge in [0.1, 0.15) is 4.21 Å². The minimum Gasteiger partial charge on any atom is -0.481 e. The first-order chi connectivity index (χ1) is 11.9. The van der Waals surface area contributed by atoms with Crippen LogP contribution in [0.25, 0.3) is 0 Å². The highest BCUT2D eigenvalue weighted by atomic mass is 32.2. The van der Waals surface area contributed by atoms with Crippen LogP contribution in [0.15, 0.2) is 21.7 Å². The highest BCUT2D eigenvalue weighted by Gasteiger charge is 2.34. The van der Waals surface area contributed by atoms with E-state index in [0.29, 0.717) is 36.6 Å². The van der Waals surface area contributed by atoms with E-state index in [9.17, 15) is 18.0 Å². The summed E-state index contributed by atoms with van der Waals surface area (Å²) in [7, 11) is -3.52. The zero-order valence-electron chi connectivity index (χ0n) is 13.6. The molecule has 3 rings (SSSR count). The van der Waals surface area contributed by atoms with Crippen molar-refractivity contribution >= 4 is 33.4 Å². The second kappa shape index (κ2) is 7.30. The number of hydrogen-bond donors (Lipinski definition) is 2. The van der Waals surface area contributed by atoms with Crippen molar-refractivity contribution in [2.75, 3.05) is 26.2 Å². The van der Waals surface area contributed by atoms with Gasteiger partial charge < -0.3 is 15.3 Å². The standard InChI is InChI=1S/C15H21N3O5S2/c19-14(20)11-5-7-17(9-11)15(21)16-12-3-1-6-18(10-12)25(22,23)13-4-2-8-24-13/h2,4,8,11-12H,1,3,5-7,9-10H2,(H,16,21)(H,19,20)/t11?,12-/m1/s1. The molecule has 10 heteroatoms. The number of nitrogens with zero attached hydrogens (tertiary/aromatic N) is 2. The monoisotopic (exact) mass is 387 g/mol. The molecule has 0 aliphatic carbocycles. The number of likely N-dealkylation sites (tertiary alicyclic amines) is 1. The van der Waals surface area contributed by atoms with E-state index in [1.165, 1.54) is 20.5 Å². The van der Waals surface area contributed by atoms with E-state index in [0.717, 1.165) is 0 Å². The third kappa shape index (κ3) is 3.96. The Balaban J connectivity index is 1.59. The number of urea groups is 1. The van der Waals surface area contributed by atoms with Crippen LogP contribution >= 0.6 is 11.3 Å². The van der Waals surface area contributed by atoms with Crippen LogP contribution in [0.5, 0.6) is 0 Å². The quantitative estimate of drug-likeness (QED) is 0.802. The van der Waals surface area contributed by atoms with Crippen molar-refractivity contribution in [1.29, 1.82) is 0 Å². The number of rotatable bonds is 4. The molecule has 0 radical (unpaired) electrons. The van der Waals surface area contributed by atoms with Crippen LogP contribution in [0.2, 0.25) is 0 Å². The Hall–Kier alpha value is -1.65. The Morgan fingerprint density at radius 1 is 1.24 bits per heavy atom. The molecule has 1 unspecified atom stereocenters. The maximum Gasteiger partial charge on any atom is 0.317 e. The predicted molar refractivity (Wildman–Crippen MR) is 91.9 cm³/mol. The largest absolute Gasteiger partial charge is 0.481 e. The molecular weight excluding hydrogens is 366 g/mol. The number of hydrogen-bond acceptors (Lipinski definition) is 5. The lowest BCUT2D eigenvalue weighted by atomic mass is 10.1. The zero-order chi connectivity index (χ0) is 18.0. The van der Waals surface area contributed by atoms with Gasteiger partial charge in [-0.1, -0.05) is 6.07 Å². The molecule has 0 aromatic carbocycles. The first-order valence-corrected chi connectivity index (χ1v) is 10.5. The van der Waals surface area contributed by atoms with Gasteiger partial charge in [0.25, 0.3) is 10.0 Å². The minimum absolute atomic E-state index is 0.199. The van der Waals surface area contributed by atoms with Gasteiger partial charge in [-0.2, -0.15) is 4.31 Å². The van der Waals surface area contributed by atoms with Crippen molar-refractivity contribution < 1.29 is 23.1 Å². The molecule has 8 nitrogen and oxygen atoms in total. The van der Waals surface area contributed by atoms with Crippen molar-refractivity contribution in [2.24, 2.45) is 5.92 Å². The normalized spacial score (nSPS) is 25.0. The zero-order valence-corrected chi connectivity index (χ0v) is 15.3. The summed E-state index contributed by atoms with van der Waals surface area (Å²) < 4.78 is 26.9. The van der Waals surface area contributed by atoms with Gasteiger partial charge >= 0.3 is 12.0 Å². The van der Waals surface area contributed by atoms with Crippen molar-refractivity contribution in [1.82, 2.24) is 14.5 Å². The molecule has 2 fully saturated rings. The van der Waals surface area contributed by atoms with E-state index in [1.807, 2.05) is 0 Å². The number of thiophene rings is 1. The molecule has 2 aliphatic rings. The molecular formula is C15H21N3O5S2. The number of amides is 2. The van der Waals surface area contributed by atoms with Crippen molar-refractivity contribution in [3.63, 3.8) is 0 Å². The smallest absolute Gasteiger partial charge is 0.317 e. The number of piperidine rings is 1. The molecule has 3 heterocycles. The topological polar surface area (TPSA) is 107 Å². The predicted octanol–water partition coefficient (Wildman–Crippen LogP) is 1.02. The van der Waals surface area contributed by atoms with E-state index in [1.54, 1.807) is 17.5 Å². The third-order valence-electron chi connectivity index (χ3n) is 4.63. The van der Waals surface area contributed by atoms with Crippen LogP contribution in [-0.2, 0) is 14.8 Å². The van der Waals surface area contributed by atoms with Gasteiger partial charge in [-0.3, -0.25) is 4.79 Å². The molecule has 1 aromatic heterocycles. The van der Waals surface area contributed by atoms with Gasteiger partial charge in [-0.15, -0.1) is 11.3 Å². The summed E-state index contributed by atoms with van der Waals surface area (Å²) >= 11 is 1.18. The summed E-state index contributed by atoms with van der Waals surface area (Å²) in [4.78, 5) is 24.8. The maximum atomic E-state index is 12.6. The first-order valence-electron chi connectivity index (χ1n) is 8.20. The third-order valence-corrected chi connectivity index (χ3v) is 7.86. The van der Waals surface area contributed by atoms with Crippen molar-refractivity contribution in [3.8, 4) is 0 Å². The fourth-order valence-corrected chi connectivity index (χ4v) is 5.90. The summed E-state index contributed by atoms with van der Waals surface area (Å²) in [5.74, 6) is -1.41. The van der Waals surface area contributed by atoms with Gasteiger partial charge in [0, 0.05) is 32.2 Å². The Kier molecular flexibility index (Phi) is 5.30. The molecule has 0 saturated carbocycles. The molecule has 138 valence electrons. The van der Waals surface area contributed by atoms with E-state index >= 15 is 0 Å². The summed E-state index contributed by atoms with van der Waals surface area (Å²) in [6.45, 7) is 1.29. The minimum atomic E-state index is -3.52. The number of nitrogens with one attached hydrogen (secondary N) is 1.